The summed E-state index contributed by atoms with van der Waals surface area (Å²) in [4.78, 5) is 20.5. The zero-order chi connectivity index (χ0) is 18.2. The molecule has 0 aliphatic carbocycles. The van der Waals surface area contributed by atoms with E-state index in [1.807, 2.05) is 35.4 Å². The molecule has 1 saturated heterocycles. The number of carbonyl (C=O) groups is 1. The maximum Gasteiger partial charge on any atom is 0.256 e. The van der Waals surface area contributed by atoms with Crippen molar-refractivity contribution >= 4 is 33.3 Å². The van der Waals surface area contributed by atoms with E-state index in [2.05, 4.69) is 52.3 Å². The molecule has 5 rings (SSSR count). The van der Waals surface area contributed by atoms with Gasteiger partial charge in [-0.25, -0.2) is 0 Å². The number of fused-ring (bicyclic) bond motifs is 2. The highest BCUT2D eigenvalue weighted by Crippen LogP contribution is 2.24. The Bertz CT molecular complexity index is 1120. The normalized spacial score (nSPS) is 14.8. The van der Waals surface area contributed by atoms with Gasteiger partial charge < -0.3 is 14.8 Å². The monoisotopic (exact) mass is 355 g/mol. The molecule has 0 unspecified atom stereocenters. The van der Waals surface area contributed by atoms with Gasteiger partial charge in [-0.15, -0.1) is 0 Å². The van der Waals surface area contributed by atoms with Gasteiger partial charge in [0.05, 0.1) is 5.56 Å². The SMILES string of the molecule is O=C(c1c[nH]c2ccccc12)N1CCN(c2ccc3ccccc3c2)CC1. The van der Waals surface area contributed by atoms with Crippen molar-refractivity contribution in [1.29, 1.82) is 0 Å². The summed E-state index contributed by atoms with van der Waals surface area (Å²) in [6.07, 6.45) is 1.84. The lowest BCUT2D eigenvalue weighted by molar-refractivity contribution is 0.0749. The number of carbonyl (C=O) groups excluding carboxylic acids is 1. The number of aromatic nitrogens is 1. The number of nitrogens with one attached hydrogen (secondary N) is 1. The van der Waals surface area contributed by atoms with E-state index in [1.54, 1.807) is 0 Å². The number of piperazine rings is 1. The predicted molar refractivity (Wildman–Crippen MR) is 110 cm³/mol. The lowest BCUT2D eigenvalue weighted by Gasteiger charge is -2.36. The van der Waals surface area contributed by atoms with Crippen LogP contribution in [0.4, 0.5) is 5.69 Å². The number of aromatic amines is 1. The first-order valence-corrected chi connectivity index (χ1v) is 9.39. The molecular formula is C23H21N3O. The van der Waals surface area contributed by atoms with Gasteiger partial charge in [0.2, 0.25) is 0 Å². The van der Waals surface area contributed by atoms with E-state index >= 15 is 0 Å². The standard InChI is InChI=1S/C23H21N3O/c27-23(21-16-24-22-8-4-3-7-20(21)22)26-13-11-25(12-14-26)19-10-9-17-5-1-2-6-18(17)15-19/h1-10,15-16,24H,11-14H2. The number of rotatable bonds is 2. The van der Waals surface area contributed by atoms with Crippen molar-refractivity contribution in [3.8, 4) is 0 Å². The molecule has 4 aromatic rings. The van der Waals surface area contributed by atoms with Crippen LogP contribution in [0.5, 0.6) is 0 Å². The van der Waals surface area contributed by atoms with E-state index in [9.17, 15) is 4.79 Å². The Morgan fingerprint density at radius 1 is 0.815 bits per heavy atom. The molecule has 0 saturated carbocycles. The number of hydrogen-bond acceptors (Lipinski definition) is 2. The number of H-pyrrole nitrogens is 1. The van der Waals surface area contributed by atoms with Gasteiger partial charge in [-0.05, 0) is 29.0 Å². The average molecular weight is 355 g/mol. The van der Waals surface area contributed by atoms with Gasteiger partial charge in [-0.3, -0.25) is 4.79 Å². The fraction of sp³-hybridized carbons (Fsp3) is 0.174. The summed E-state index contributed by atoms with van der Waals surface area (Å²) in [7, 11) is 0. The molecule has 3 aromatic carbocycles. The van der Waals surface area contributed by atoms with Gasteiger partial charge in [0.15, 0.2) is 0 Å². The second-order valence-electron chi connectivity index (χ2n) is 7.06. The Kier molecular flexibility index (Phi) is 3.82. The molecule has 1 amide bonds. The molecular weight excluding hydrogens is 334 g/mol. The first-order valence-electron chi connectivity index (χ1n) is 9.39. The Morgan fingerprint density at radius 3 is 2.41 bits per heavy atom. The van der Waals surface area contributed by atoms with Crippen LogP contribution in [0.1, 0.15) is 10.4 Å². The fourth-order valence-corrected chi connectivity index (χ4v) is 3.96. The smallest absolute Gasteiger partial charge is 0.256 e. The summed E-state index contributed by atoms with van der Waals surface area (Å²) in [5.41, 5.74) is 3.01. The van der Waals surface area contributed by atoms with Crippen molar-refractivity contribution in [2.45, 2.75) is 0 Å². The minimum atomic E-state index is 0.116. The third-order valence-corrected chi connectivity index (χ3v) is 5.48. The molecule has 4 nitrogen and oxygen atoms in total. The number of anilines is 1. The van der Waals surface area contributed by atoms with Crippen molar-refractivity contribution in [1.82, 2.24) is 9.88 Å². The lowest BCUT2D eigenvalue weighted by atomic mass is 10.1. The predicted octanol–water partition coefficient (Wildman–Crippen LogP) is 4.28. The summed E-state index contributed by atoms with van der Waals surface area (Å²) < 4.78 is 0. The fourth-order valence-electron chi connectivity index (χ4n) is 3.96. The van der Waals surface area contributed by atoms with Gasteiger partial charge in [0.25, 0.3) is 5.91 Å². The van der Waals surface area contributed by atoms with Crippen LogP contribution < -0.4 is 4.90 Å². The molecule has 0 bridgehead atoms. The molecule has 134 valence electrons. The molecule has 1 aliphatic rings. The van der Waals surface area contributed by atoms with Crippen molar-refractivity contribution in [2.24, 2.45) is 0 Å². The molecule has 1 aliphatic heterocycles. The van der Waals surface area contributed by atoms with E-state index in [-0.39, 0.29) is 5.91 Å². The zero-order valence-corrected chi connectivity index (χ0v) is 15.1. The van der Waals surface area contributed by atoms with E-state index in [0.717, 1.165) is 42.6 Å². The van der Waals surface area contributed by atoms with Gasteiger partial charge >= 0.3 is 0 Å². The van der Waals surface area contributed by atoms with Crippen molar-refractivity contribution in [3.05, 3.63) is 78.5 Å². The van der Waals surface area contributed by atoms with Gasteiger partial charge in [-0.2, -0.15) is 0 Å². The second kappa shape index (κ2) is 6.47. The minimum absolute atomic E-state index is 0.116. The minimum Gasteiger partial charge on any atom is -0.368 e. The summed E-state index contributed by atoms with van der Waals surface area (Å²) in [5.74, 6) is 0.116. The third kappa shape index (κ3) is 2.83. The Morgan fingerprint density at radius 2 is 1.56 bits per heavy atom. The second-order valence-corrected chi connectivity index (χ2v) is 7.06. The summed E-state index contributed by atoms with van der Waals surface area (Å²) in [6.45, 7) is 3.19. The van der Waals surface area contributed by atoms with E-state index < -0.39 is 0 Å². The third-order valence-electron chi connectivity index (χ3n) is 5.48. The van der Waals surface area contributed by atoms with Crippen LogP contribution in [-0.4, -0.2) is 42.0 Å². The van der Waals surface area contributed by atoms with E-state index in [0.29, 0.717) is 0 Å². The Labute approximate surface area is 158 Å². The highest BCUT2D eigenvalue weighted by molar-refractivity contribution is 6.06. The summed E-state index contributed by atoms with van der Waals surface area (Å²) in [6, 6.07) is 23.0. The number of nitrogens with zero attached hydrogens (tertiary/aromatic N) is 2. The van der Waals surface area contributed by atoms with Crippen LogP contribution in [0.2, 0.25) is 0 Å². The zero-order valence-electron chi connectivity index (χ0n) is 15.1. The Hall–Kier alpha value is -3.27. The first-order chi connectivity index (χ1) is 13.3. The number of amides is 1. The van der Waals surface area contributed by atoms with Crippen molar-refractivity contribution in [3.63, 3.8) is 0 Å². The van der Waals surface area contributed by atoms with Gasteiger partial charge in [-0.1, -0.05) is 48.5 Å². The van der Waals surface area contributed by atoms with Crippen molar-refractivity contribution < 1.29 is 4.79 Å². The van der Waals surface area contributed by atoms with Crippen molar-refractivity contribution in [2.75, 3.05) is 31.1 Å². The molecule has 1 N–H and O–H groups in total. The first kappa shape index (κ1) is 15.9. The molecule has 27 heavy (non-hydrogen) atoms. The quantitative estimate of drug-likeness (QED) is 0.583. The van der Waals surface area contributed by atoms with E-state index in [1.165, 1.54) is 16.5 Å². The molecule has 0 radical (unpaired) electrons. The van der Waals surface area contributed by atoms with Crippen LogP contribution in [0.3, 0.4) is 0 Å². The van der Waals surface area contributed by atoms with Gasteiger partial charge in [0, 0.05) is 49.0 Å². The van der Waals surface area contributed by atoms with Crippen LogP contribution in [0.25, 0.3) is 21.7 Å². The molecule has 0 spiro atoms. The maximum absolute atomic E-state index is 13.0. The molecule has 1 fully saturated rings. The Balaban J connectivity index is 1.32. The molecule has 4 heteroatoms. The summed E-state index contributed by atoms with van der Waals surface area (Å²) >= 11 is 0. The van der Waals surface area contributed by atoms with Crippen LogP contribution in [0, 0.1) is 0 Å². The largest absolute Gasteiger partial charge is 0.368 e. The maximum atomic E-state index is 13.0. The molecule has 1 aromatic heterocycles. The van der Waals surface area contributed by atoms with E-state index in [4.69, 9.17) is 0 Å². The highest BCUT2D eigenvalue weighted by atomic mass is 16.2. The lowest BCUT2D eigenvalue weighted by Crippen LogP contribution is -2.48. The van der Waals surface area contributed by atoms with Gasteiger partial charge in [0.1, 0.15) is 0 Å². The number of benzene rings is 3. The summed E-state index contributed by atoms with van der Waals surface area (Å²) in [5, 5.41) is 3.51. The highest BCUT2D eigenvalue weighted by Gasteiger charge is 2.24. The number of para-hydroxylation sites is 1. The number of hydrogen-bond donors (Lipinski definition) is 1. The van der Waals surface area contributed by atoms with Crippen LogP contribution >= 0.6 is 0 Å². The van der Waals surface area contributed by atoms with Crippen LogP contribution in [0.15, 0.2) is 72.9 Å². The average Bonchev–Trinajstić information content (AvgIpc) is 3.17. The van der Waals surface area contributed by atoms with Crippen LogP contribution in [-0.2, 0) is 0 Å². The molecule has 2 heterocycles. The topological polar surface area (TPSA) is 39.3 Å². The molecule has 0 atom stereocenters.